The second-order valence-corrected chi connectivity index (χ2v) is 9.66. The second-order valence-electron chi connectivity index (χ2n) is 9.66. The topological polar surface area (TPSA) is 194 Å². The van der Waals surface area contributed by atoms with Crippen LogP contribution in [0.25, 0.3) is 10.4 Å². The molecule has 1 rings (SSSR count). The highest BCUT2D eigenvalue weighted by atomic mass is 16.7. The molecule has 0 aromatic carbocycles. The van der Waals surface area contributed by atoms with Crippen LogP contribution >= 0.6 is 0 Å². The number of azide groups is 1. The first-order chi connectivity index (χ1) is 16.8. The van der Waals surface area contributed by atoms with Crippen LogP contribution in [0.4, 0.5) is 0 Å². The highest BCUT2D eigenvalue weighted by Crippen LogP contribution is 2.23. The molecule has 206 valence electrons. The van der Waals surface area contributed by atoms with Crippen molar-refractivity contribution < 1.29 is 35.0 Å². The van der Waals surface area contributed by atoms with Gasteiger partial charge in [0.05, 0.1) is 37.5 Å². The Morgan fingerprint density at radius 2 is 1.43 bits per heavy atom. The molecular weight excluding hydrogens is 456 g/mol. The van der Waals surface area contributed by atoms with E-state index in [1.807, 2.05) is 0 Å². The minimum atomic E-state index is -1.56. The zero-order valence-corrected chi connectivity index (χ0v) is 21.2. The van der Waals surface area contributed by atoms with E-state index in [0.717, 1.165) is 19.3 Å². The van der Waals surface area contributed by atoms with Crippen LogP contribution in [-0.4, -0.2) is 87.6 Å². The normalized spacial score (nSPS) is 27.2. The van der Waals surface area contributed by atoms with E-state index in [9.17, 15) is 25.5 Å². The molecule has 0 aliphatic carbocycles. The minimum Gasteiger partial charge on any atom is -0.390 e. The molecule has 0 amide bonds. The average molecular weight is 505 g/mol. The number of aliphatic hydroxyl groups excluding tert-OH is 5. The highest BCUT2D eigenvalue weighted by molar-refractivity contribution is 4.90. The van der Waals surface area contributed by atoms with Gasteiger partial charge in [0.1, 0.15) is 18.3 Å². The molecule has 0 aromatic heterocycles. The van der Waals surface area contributed by atoms with Crippen molar-refractivity contribution >= 4 is 0 Å². The monoisotopic (exact) mass is 504 g/mol. The van der Waals surface area contributed by atoms with Crippen LogP contribution in [0.1, 0.15) is 90.4 Å². The van der Waals surface area contributed by atoms with Crippen molar-refractivity contribution in [3.63, 3.8) is 0 Å². The summed E-state index contributed by atoms with van der Waals surface area (Å²) >= 11 is 0. The maximum atomic E-state index is 10.3. The third-order valence-electron chi connectivity index (χ3n) is 6.63. The maximum Gasteiger partial charge on any atom is 0.186 e. The number of aliphatic hydroxyl groups is 5. The van der Waals surface area contributed by atoms with Gasteiger partial charge in [-0.3, -0.25) is 0 Å². The molecule has 11 heteroatoms. The molecule has 0 unspecified atom stereocenters. The summed E-state index contributed by atoms with van der Waals surface area (Å²) in [5, 5.41) is 53.9. The van der Waals surface area contributed by atoms with Crippen LogP contribution in [0.2, 0.25) is 0 Å². The van der Waals surface area contributed by atoms with Gasteiger partial charge < -0.3 is 40.7 Å². The predicted octanol–water partition coefficient (Wildman–Crippen LogP) is 2.26. The van der Waals surface area contributed by atoms with Crippen LogP contribution in [0.15, 0.2) is 5.11 Å². The van der Waals surface area contributed by atoms with Gasteiger partial charge >= 0.3 is 0 Å². The van der Waals surface area contributed by atoms with Gasteiger partial charge in [0, 0.05) is 4.91 Å². The molecule has 8 atom stereocenters. The second kappa shape index (κ2) is 19.1. The van der Waals surface area contributed by atoms with E-state index >= 15 is 0 Å². The summed E-state index contributed by atoms with van der Waals surface area (Å²) in [6.07, 6.45) is 5.79. The Labute approximate surface area is 209 Å². The van der Waals surface area contributed by atoms with E-state index in [1.54, 1.807) is 0 Å². The molecular formula is C24H48N4O7. The van der Waals surface area contributed by atoms with Crippen molar-refractivity contribution in [2.75, 3.05) is 13.2 Å². The van der Waals surface area contributed by atoms with Gasteiger partial charge in [0.2, 0.25) is 0 Å². The standard InChI is InChI=1S/C24H48N4O7/c1-2-3-4-5-6-7-8-9-10-11-12-13-14-18(29)20(30)17(25)16-34-24-23(33)22(32)21(31)19(35-24)15-27-28-26/h17-24,29-33H,2-16,25H2,1H3/t17-,18+,19+,20-,21-,22-,23+,24-/m0/s1. The first kappa shape index (κ1) is 32.0. The number of nitrogens with two attached hydrogens (primary N) is 1. The third-order valence-corrected chi connectivity index (χ3v) is 6.63. The zero-order chi connectivity index (χ0) is 26.1. The number of hydrogen-bond donors (Lipinski definition) is 6. The summed E-state index contributed by atoms with van der Waals surface area (Å²) < 4.78 is 10.8. The van der Waals surface area contributed by atoms with E-state index in [-0.39, 0.29) is 13.2 Å². The zero-order valence-electron chi connectivity index (χ0n) is 21.2. The highest BCUT2D eigenvalue weighted by Gasteiger charge is 2.44. The number of hydrogen-bond acceptors (Lipinski definition) is 9. The summed E-state index contributed by atoms with van der Waals surface area (Å²) in [7, 11) is 0. The lowest BCUT2D eigenvalue weighted by Gasteiger charge is -2.40. The Morgan fingerprint density at radius 1 is 0.886 bits per heavy atom. The van der Waals surface area contributed by atoms with Gasteiger partial charge in [-0.1, -0.05) is 89.1 Å². The Hall–Kier alpha value is -1.01. The summed E-state index contributed by atoms with van der Waals surface area (Å²) in [6, 6.07) is -0.947. The predicted molar refractivity (Wildman–Crippen MR) is 132 cm³/mol. The minimum absolute atomic E-state index is 0.255. The van der Waals surface area contributed by atoms with Crippen LogP contribution in [0.5, 0.6) is 0 Å². The summed E-state index contributed by atoms with van der Waals surface area (Å²) in [5.41, 5.74) is 14.4. The smallest absolute Gasteiger partial charge is 0.186 e. The van der Waals surface area contributed by atoms with Crippen LogP contribution in [0.3, 0.4) is 0 Å². The van der Waals surface area contributed by atoms with Crippen LogP contribution in [0, 0.1) is 0 Å². The molecule has 0 bridgehead atoms. The third kappa shape index (κ3) is 12.7. The molecule has 0 aromatic rings. The van der Waals surface area contributed by atoms with Gasteiger partial charge in [-0.25, -0.2) is 0 Å². The van der Waals surface area contributed by atoms with Crippen LogP contribution < -0.4 is 5.73 Å². The summed E-state index contributed by atoms with van der Waals surface area (Å²) in [6.45, 7) is 1.72. The first-order valence-electron chi connectivity index (χ1n) is 13.3. The Balaban J connectivity index is 2.19. The van der Waals surface area contributed by atoms with Crippen molar-refractivity contribution in [2.45, 2.75) is 139 Å². The van der Waals surface area contributed by atoms with Gasteiger partial charge in [0.15, 0.2) is 6.29 Å². The largest absolute Gasteiger partial charge is 0.390 e. The van der Waals surface area contributed by atoms with E-state index < -0.39 is 49.0 Å². The molecule has 0 saturated carbocycles. The number of rotatable bonds is 20. The van der Waals surface area contributed by atoms with Crippen molar-refractivity contribution in [3.05, 3.63) is 10.4 Å². The van der Waals surface area contributed by atoms with Crippen molar-refractivity contribution in [2.24, 2.45) is 10.8 Å². The van der Waals surface area contributed by atoms with E-state index in [2.05, 4.69) is 16.9 Å². The molecule has 1 saturated heterocycles. The molecule has 1 heterocycles. The van der Waals surface area contributed by atoms with Crippen molar-refractivity contribution in [1.29, 1.82) is 0 Å². The van der Waals surface area contributed by atoms with Crippen molar-refractivity contribution in [1.82, 2.24) is 0 Å². The van der Waals surface area contributed by atoms with Crippen LogP contribution in [-0.2, 0) is 9.47 Å². The fourth-order valence-corrected chi connectivity index (χ4v) is 4.28. The molecule has 7 N–H and O–H groups in total. The van der Waals surface area contributed by atoms with E-state index in [4.69, 9.17) is 20.7 Å². The van der Waals surface area contributed by atoms with Gasteiger partial charge in [-0.05, 0) is 12.0 Å². The SMILES string of the molecule is CCCCCCCCCCCCCC[C@@H](O)[C@@H](O)[C@@H](N)CO[C@H]1O[C@H](CN=[N+]=[N-])[C@H](O)[C@H](O)[C@H]1O. The lowest BCUT2D eigenvalue weighted by molar-refractivity contribution is -0.296. The Morgan fingerprint density at radius 3 is 1.97 bits per heavy atom. The Bertz CT molecular complexity index is 582. The quantitative estimate of drug-likeness (QED) is 0.0628. The molecule has 35 heavy (non-hydrogen) atoms. The number of nitrogens with zero attached hydrogens (tertiary/aromatic N) is 3. The van der Waals surface area contributed by atoms with Gasteiger partial charge in [-0.15, -0.1) is 0 Å². The Kier molecular flexibility index (Phi) is 17.5. The molecule has 11 nitrogen and oxygen atoms in total. The van der Waals surface area contributed by atoms with E-state index in [1.165, 1.54) is 57.8 Å². The molecule has 1 aliphatic rings. The van der Waals surface area contributed by atoms with Crippen molar-refractivity contribution in [3.8, 4) is 0 Å². The fourth-order valence-electron chi connectivity index (χ4n) is 4.28. The molecule has 0 radical (unpaired) electrons. The first-order valence-corrected chi connectivity index (χ1v) is 13.3. The lowest BCUT2D eigenvalue weighted by atomic mass is 9.98. The maximum absolute atomic E-state index is 10.3. The molecule has 0 spiro atoms. The van der Waals surface area contributed by atoms with Gasteiger partial charge in [0.25, 0.3) is 0 Å². The number of unbranched alkanes of at least 4 members (excludes halogenated alkanes) is 11. The fraction of sp³-hybridized carbons (Fsp3) is 1.00. The van der Waals surface area contributed by atoms with Gasteiger partial charge in [-0.2, -0.15) is 0 Å². The van der Waals surface area contributed by atoms with E-state index in [0.29, 0.717) is 6.42 Å². The average Bonchev–Trinajstić information content (AvgIpc) is 2.86. The number of ether oxygens (including phenoxy) is 2. The summed E-state index contributed by atoms with van der Waals surface area (Å²) in [5.74, 6) is 0. The molecule has 1 aliphatic heterocycles. The lowest BCUT2D eigenvalue weighted by Crippen LogP contribution is -2.59. The molecule has 1 fully saturated rings. The summed E-state index contributed by atoms with van der Waals surface area (Å²) in [4.78, 5) is 2.58.